The molecule has 0 unspecified atom stereocenters. The highest BCUT2D eigenvalue weighted by molar-refractivity contribution is 7.80. The third-order valence-corrected chi connectivity index (χ3v) is 6.52. The number of hydrogen-bond acceptors (Lipinski definition) is 6. The van der Waals surface area contributed by atoms with Crippen molar-refractivity contribution in [2.75, 3.05) is 23.3 Å². The summed E-state index contributed by atoms with van der Waals surface area (Å²) in [5, 5.41) is 17.6. The number of para-hydroxylation sites is 2. The minimum atomic E-state index is -0.562. The number of nitrogens with one attached hydrogen (secondary N) is 3. The summed E-state index contributed by atoms with van der Waals surface area (Å²) in [6.45, 7) is 1.52. The van der Waals surface area contributed by atoms with Gasteiger partial charge in [-0.3, -0.25) is 20.2 Å². The molecule has 1 aromatic heterocycles. The minimum Gasteiger partial charge on any atom is -0.366 e. The highest BCUT2D eigenvalue weighted by Crippen LogP contribution is 2.32. The summed E-state index contributed by atoms with van der Waals surface area (Å²) in [6, 6.07) is 17.5. The third-order valence-electron chi connectivity index (χ3n) is 5.99. The molecule has 0 aliphatic carbocycles. The molecule has 1 aliphatic rings. The van der Waals surface area contributed by atoms with Crippen LogP contribution in [0.2, 0.25) is 5.02 Å². The van der Waals surface area contributed by atoms with Crippen LogP contribution in [0.5, 0.6) is 0 Å². The SMILES string of the molecule is O=C(NC(=S)Nc1cc(-c2nc3ccccc3[nH]2)ccc1Cl)c1ccc(N2CCCC2)c([N+](=O)[O-])c1. The fourth-order valence-corrected chi connectivity index (χ4v) is 4.59. The zero-order chi connectivity index (χ0) is 25.2. The first-order chi connectivity index (χ1) is 17.4. The van der Waals surface area contributed by atoms with E-state index in [1.54, 1.807) is 24.3 Å². The maximum atomic E-state index is 12.8. The Bertz CT molecular complexity index is 1470. The van der Waals surface area contributed by atoms with Gasteiger partial charge in [0.25, 0.3) is 11.6 Å². The molecule has 0 spiro atoms. The summed E-state index contributed by atoms with van der Waals surface area (Å²) < 4.78 is 0. The van der Waals surface area contributed by atoms with Crippen LogP contribution in [0.4, 0.5) is 17.1 Å². The molecule has 1 saturated heterocycles. The Morgan fingerprint density at radius 1 is 1.11 bits per heavy atom. The highest BCUT2D eigenvalue weighted by Gasteiger charge is 2.24. The normalized spacial score (nSPS) is 13.1. The lowest BCUT2D eigenvalue weighted by atomic mass is 10.1. The third kappa shape index (κ3) is 4.86. The molecule has 9 nitrogen and oxygen atoms in total. The topological polar surface area (TPSA) is 116 Å². The van der Waals surface area contributed by atoms with Crippen molar-refractivity contribution in [2.45, 2.75) is 12.8 Å². The number of hydrogen-bond donors (Lipinski definition) is 3. The number of fused-ring (bicyclic) bond motifs is 1. The molecule has 1 aliphatic heterocycles. The average molecular weight is 521 g/mol. The van der Waals surface area contributed by atoms with Crippen LogP contribution in [0.1, 0.15) is 23.2 Å². The number of thiocarbonyl (C=S) groups is 1. The van der Waals surface area contributed by atoms with Gasteiger partial charge in [0, 0.05) is 30.3 Å². The van der Waals surface area contributed by atoms with Gasteiger partial charge < -0.3 is 15.2 Å². The zero-order valence-electron chi connectivity index (χ0n) is 19.0. The van der Waals surface area contributed by atoms with E-state index >= 15 is 0 Å². The maximum absolute atomic E-state index is 12.8. The second kappa shape index (κ2) is 9.92. The number of nitro benzene ring substituents is 1. The van der Waals surface area contributed by atoms with Gasteiger partial charge in [0.2, 0.25) is 0 Å². The predicted molar refractivity (Wildman–Crippen MR) is 145 cm³/mol. The predicted octanol–water partition coefficient (Wildman–Crippen LogP) is 5.52. The molecule has 0 atom stereocenters. The molecule has 0 bridgehead atoms. The first kappa shape index (κ1) is 23.7. The van der Waals surface area contributed by atoms with Crippen molar-refractivity contribution in [2.24, 2.45) is 0 Å². The smallest absolute Gasteiger partial charge is 0.293 e. The van der Waals surface area contributed by atoms with Crippen LogP contribution in [0.15, 0.2) is 60.7 Å². The number of imidazole rings is 1. The van der Waals surface area contributed by atoms with Crippen molar-refractivity contribution < 1.29 is 9.72 Å². The van der Waals surface area contributed by atoms with Gasteiger partial charge in [-0.25, -0.2) is 4.98 Å². The Hall–Kier alpha value is -4.02. The largest absolute Gasteiger partial charge is 0.366 e. The van der Waals surface area contributed by atoms with Crippen LogP contribution < -0.4 is 15.5 Å². The van der Waals surface area contributed by atoms with Crippen LogP contribution in [-0.4, -0.2) is 39.0 Å². The Morgan fingerprint density at radius 2 is 1.89 bits per heavy atom. The standard InChI is InChI=1S/C25H21ClN6O3S/c26-17-9-7-15(23-27-18-5-1-2-6-19(18)28-23)13-20(17)29-25(36)30-24(33)16-8-10-21(22(14-16)32(34)35)31-11-3-4-12-31/h1-2,5-10,13-14H,3-4,11-12H2,(H,27,28)(H2,29,30,33,36). The summed E-state index contributed by atoms with van der Waals surface area (Å²) in [4.78, 5) is 33.8. The van der Waals surface area contributed by atoms with E-state index in [-0.39, 0.29) is 16.4 Å². The zero-order valence-corrected chi connectivity index (χ0v) is 20.5. The molecule has 2 heterocycles. The van der Waals surface area contributed by atoms with Crippen molar-refractivity contribution in [3.63, 3.8) is 0 Å². The molecule has 5 rings (SSSR count). The number of aromatic nitrogens is 2. The van der Waals surface area contributed by atoms with Gasteiger partial charge in [0.05, 0.1) is 26.7 Å². The highest BCUT2D eigenvalue weighted by atomic mass is 35.5. The van der Waals surface area contributed by atoms with Gasteiger partial charge in [-0.05, 0) is 67.5 Å². The molecule has 0 saturated carbocycles. The lowest BCUT2D eigenvalue weighted by molar-refractivity contribution is -0.384. The molecule has 3 aromatic carbocycles. The van der Waals surface area contributed by atoms with E-state index in [2.05, 4.69) is 20.6 Å². The van der Waals surface area contributed by atoms with Crippen molar-refractivity contribution in [1.29, 1.82) is 0 Å². The molecule has 182 valence electrons. The number of H-pyrrole nitrogens is 1. The van der Waals surface area contributed by atoms with E-state index < -0.39 is 10.8 Å². The number of rotatable bonds is 5. The lowest BCUT2D eigenvalue weighted by Crippen LogP contribution is -2.34. The number of carbonyl (C=O) groups is 1. The molecular formula is C25H21ClN6O3S. The van der Waals surface area contributed by atoms with Crippen molar-refractivity contribution in [3.05, 3.63) is 81.4 Å². The molecule has 1 fully saturated rings. The van der Waals surface area contributed by atoms with E-state index in [9.17, 15) is 14.9 Å². The summed E-state index contributed by atoms with van der Waals surface area (Å²) in [5.74, 6) is 0.101. The second-order valence-electron chi connectivity index (χ2n) is 8.36. The van der Waals surface area contributed by atoms with Gasteiger partial charge in [-0.15, -0.1) is 0 Å². The van der Waals surface area contributed by atoms with Gasteiger partial charge in [0.15, 0.2) is 5.11 Å². The van der Waals surface area contributed by atoms with Crippen LogP contribution in [-0.2, 0) is 0 Å². The number of nitrogens with zero attached hydrogens (tertiary/aromatic N) is 3. The van der Waals surface area contributed by atoms with Crippen LogP contribution in [0.25, 0.3) is 22.4 Å². The van der Waals surface area contributed by atoms with Gasteiger partial charge in [0.1, 0.15) is 11.5 Å². The quantitative estimate of drug-likeness (QED) is 0.180. The Labute approximate surface area is 216 Å². The first-order valence-electron chi connectivity index (χ1n) is 11.3. The van der Waals surface area contributed by atoms with Crippen LogP contribution >= 0.6 is 23.8 Å². The van der Waals surface area contributed by atoms with Crippen molar-refractivity contribution in [3.8, 4) is 11.4 Å². The Kier molecular flexibility index (Phi) is 6.53. The lowest BCUT2D eigenvalue weighted by Gasteiger charge is -2.18. The monoisotopic (exact) mass is 520 g/mol. The minimum absolute atomic E-state index is 0.00919. The summed E-state index contributed by atoms with van der Waals surface area (Å²) in [5.41, 5.74) is 3.55. The van der Waals surface area contributed by atoms with Gasteiger partial charge >= 0.3 is 0 Å². The maximum Gasteiger partial charge on any atom is 0.293 e. The fraction of sp³-hybridized carbons (Fsp3) is 0.160. The molecule has 36 heavy (non-hydrogen) atoms. The van der Waals surface area contributed by atoms with E-state index in [0.717, 1.165) is 42.5 Å². The molecule has 0 radical (unpaired) electrons. The van der Waals surface area contributed by atoms with E-state index in [1.165, 1.54) is 6.07 Å². The van der Waals surface area contributed by atoms with Crippen molar-refractivity contribution >= 4 is 62.9 Å². The Morgan fingerprint density at radius 3 is 2.64 bits per heavy atom. The summed E-state index contributed by atoms with van der Waals surface area (Å²) in [7, 11) is 0. The summed E-state index contributed by atoms with van der Waals surface area (Å²) in [6.07, 6.45) is 1.97. The number of halogens is 1. The number of anilines is 2. The molecule has 4 aromatic rings. The molecular weight excluding hydrogens is 500 g/mol. The van der Waals surface area contributed by atoms with Crippen LogP contribution in [0.3, 0.4) is 0 Å². The van der Waals surface area contributed by atoms with E-state index in [1.807, 2.05) is 35.2 Å². The van der Waals surface area contributed by atoms with Gasteiger partial charge in [-0.2, -0.15) is 0 Å². The number of carbonyl (C=O) groups excluding carboxylic acids is 1. The number of nitro groups is 1. The molecule has 11 heteroatoms. The van der Waals surface area contributed by atoms with E-state index in [0.29, 0.717) is 22.2 Å². The molecule has 3 N–H and O–H groups in total. The molecule has 1 amide bonds. The van der Waals surface area contributed by atoms with Crippen LogP contribution in [0, 0.1) is 10.1 Å². The fourth-order valence-electron chi connectivity index (χ4n) is 4.22. The van der Waals surface area contributed by atoms with Gasteiger partial charge in [-0.1, -0.05) is 23.7 Å². The number of aromatic amines is 1. The average Bonchev–Trinajstić information content (AvgIpc) is 3.55. The Balaban J connectivity index is 1.32. The summed E-state index contributed by atoms with van der Waals surface area (Å²) >= 11 is 11.7. The first-order valence-corrected chi connectivity index (χ1v) is 12.1. The second-order valence-corrected chi connectivity index (χ2v) is 9.18. The van der Waals surface area contributed by atoms with Crippen molar-refractivity contribution in [1.82, 2.24) is 15.3 Å². The number of amides is 1. The van der Waals surface area contributed by atoms with E-state index in [4.69, 9.17) is 23.8 Å². The number of benzene rings is 3.